The fourth-order valence-electron chi connectivity index (χ4n) is 2.33. The number of carboxylic acids is 1. The smallest absolute Gasteiger partial charge is 0.305 e. The van der Waals surface area contributed by atoms with Crippen molar-refractivity contribution < 1.29 is 19.5 Å². The van der Waals surface area contributed by atoms with Crippen molar-refractivity contribution in [2.24, 2.45) is 0 Å². The summed E-state index contributed by atoms with van der Waals surface area (Å²) >= 11 is 0. The number of unbranched alkanes of at least 4 members (excludes halogenated alkanes) is 1. The molecule has 1 unspecified atom stereocenters. The van der Waals surface area contributed by atoms with Crippen molar-refractivity contribution in [2.75, 3.05) is 5.75 Å². The zero-order chi connectivity index (χ0) is 16.4. The number of rotatable bonds is 11. The highest BCUT2D eigenvalue weighted by Gasteiger charge is 2.22. The van der Waals surface area contributed by atoms with Crippen LogP contribution in [0.3, 0.4) is 0 Å². The predicted octanol–water partition coefficient (Wildman–Crippen LogP) is 3.03. The quantitative estimate of drug-likeness (QED) is 0.441. The number of ketones is 1. The van der Waals surface area contributed by atoms with Gasteiger partial charge in [-0.2, -0.15) is 0 Å². The predicted molar refractivity (Wildman–Crippen MR) is 91.0 cm³/mol. The fraction of sp³-hybridized carbons (Fsp3) is 0.800. The zero-order valence-corrected chi connectivity index (χ0v) is 14.6. The number of hydrogen-bond acceptors (Lipinski definition) is 5. The van der Waals surface area contributed by atoms with Gasteiger partial charge >= 0.3 is 5.97 Å². The highest BCUT2D eigenvalue weighted by Crippen LogP contribution is 2.39. The zero-order valence-electron chi connectivity index (χ0n) is 13.0. The maximum atomic E-state index is 11.9. The molecule has 0 spiro atoms. The third-order valence-corrected chi connectivity index (χ3v) is 6.51. The molecule has 0 saturated carbocycles. The number of carbonyl (C=O) groups excluding carboxylic acids is 2. The van der Waals surface area contributed by atoms with Crippen LogP contribution in [0.2, 0.25) is 0 Å². The monoisotopic (exact) mass is 347 g/mol. The van der Waals surface area contributed by atoms with Gasteiger partial charge in [-0.1, -0.05) is 34.9 Å². The van der Waals surface area contributed by atoms with Crippen molar-refractivity contribution in [2.45, 2.75) is 69.6 Å². The van der Waals surface area contributed by atoms with Gasteiger partial charge in [-0.05, 0) is 25.7 Å². The lowest BCUT2D eigenvalue weighted by Gasteiger charge is -2.15. The van der Waals surface area contributed by atoms with E-state index in [0.717, 1.165) is 19.3 Å². The fourth-order valence-corrected chi connectivity index (χ4v) is 5.36. The van der Waals surface area contributed by atoms with Crippen molar-refractivity contribution in [1.82, 2.24) is 5.32 Å². The van der Waals surface area contributed by atoms with Gasteiger partial charge in [0.2, 0.25) is 5.91 Å². The van der Waals surface area contributed by atoms with Gasteiger partial charge < -0.3 is 10.4 Å². The molecule has 2 atom stereocenters. The Morgan fingerprint density at radius 3 is 2.64 bits per heavy atom. The van der Waals surface area contributed by atoms with Gasteiger partial charge in [0.05, 0.1) is 12.5 Å². The molecule has 22 heavy (non-hydrogen) atoms. The van der Waals surface area contributed by atoms with Gasteiger partial charge in [-0.15, -0.1) is 0 Å². The summed E-state index contributed by atoms with van der Waals surface area (Å²) in [6.07, 6.45) is 5.14. The lowest BCUT2D eigenvalue weighted by atomic mass is 10.0. The van der Waals surface area contributed by atoms with Gasteiger partial charge in [0.1, 0.15) is 0 Å². The molecular weight excluding hydrogens is 322 g/mol. The first-order chi connectivity index (χ1) is 10.5. The van der Waals surface area contributed by atoms with Crippen molar-refractivity contribution in [3.63, 3.8) is 0 Å². The average molecular weight is 348 g/mol. The highest BCUT2D eigenvalue weighted by molar-refractivity contribution is 8.77. The number of nitrogens with one attached hydrogen (secondary N) is 1. The van der Waals surface area contributed by atoms with E-state index in [9.17, 15) is 14.4 Å². The van der Waals surface area contributed by atoms with Crippen LogP contribution in [0.5, 0.6) is 0 Å². The lowest BCUT2D eigenvalue weighted by molar-refractivity contribution is -0.140. The van der Waals surface area contributed by atoms with E-state index < -0.39 is 12.0 Å². The van der Waals surface area contributed by atoms with Crippen LogP contribution < -0.4 is 5.32 Å². The first-order valence-corrected chi connectivity index (χ1v) is 10.2. The second-order valence-corrected chi connectivity index (χ2v) is 8.30. The molecule has 1 heterocycles. The van der Waals surface area contributed by atoms with Crippen molar-refractivity contribution in [1.29, 1.82) is 0 Å². The van der Waals surface area contributed by atoms with Crippen LogP contribution >= 0.6 is 21.6 Å². The maximum Gasteiger partial charge on any atom is 0.305 e. The molecule has 0 bridgehead atoms. The number of carboxylic acid groups (broad SMARTS) is 1. The normalized spacial score (nSPS) is 18.9. The average Bonchev–Trinajstić information content (AvgIpc) is 2.96. The number of amides is 1. The molecule has 126 valence electrons. The third-order valence-electron chi connectivity index (χ3n) is 3.51. The van der Waals surface area contributed by atoms with Gasteiger partial charge in [0.15, 0.2) is 5.78 Å². The van der Waals surface area contributed by atoms with E-state index in [4.69, 9.17) is 5.11 Å². The Kier molecular flexibility index (Phi) is 9.63. The number of aliphatic carboxylic acids is 1. The van der Waals surface area contributed by atoms with E-state index in [2.05, 4.69) is 5.32 Å². The summed E-state index contributed by atoms with van der Waals surface area (Å²) in [4.78, 5) is 34.5. The Morgan fingerprint density at radius 1 is 1.27 bits per heavy atom. The summed E-state index contributed by atoms with van der Waals surface area (Å²) in [7, 11) is 3.85. The highest BCUT2D eigenvalue weighted by atomic mass is 33.1. The molecule has 0 aromatic carbocycles. The van der Waals surface area contributed by atoms with E-state index in [1.54, 1.807) is 0 Å². The van der Waals surface area contributed by atoms with Crippen LogP contribution in [0, 0.1) is 0 Å². The van der Waals surface area contributed by atoms with E-state index in [1.165, 1.54) is 12.2 Å². The maximum absolute atomic E-state index is 11.9. The van der Waals surface area contributed by atoms with Crippen molar-refractivity contribution >= 4 is 39.2 Å². The Bertz CT molecular complexity index is 384. The first kappa shape index (κ1) is 19.4. The SMILES string of the molecule is CCCC(=O)C(CC(=O)O)NC(=O)CCCC[C@H]1CCSS1. The molecule has 2 N–H and O–H groups in total. The molecule has 0 aromatic rings. The Labute approximate surface area is 139 Å². The second kappa shape index (κ2) is 10.9. The van der Waals surface area contributed by atoms with E-state index in [-0.39, 0.29) is 18.1 Å². The number of carbonyl (C=O) groups is 3. The summed E-state index contributed by atoms with van der Waals surface area (Å²) in [6.45, 7) is 1.86. The lowest BCUT2D eigenvalue weighted by Crippen LogP contribution is -2.42. The molecule has 0 aromatic heterocycles. The van der Waals surface area contributed by atoms with E-state index in [0.29, 0.717) is 24.5 Å². The summed E-state index contributed by atoms with van der Waals surface area (Å²) < 4.78 is 0. The first-order valence-electron chi connectivity index (χ1n) is 7.85. The van der Waals surface area contributed by atoms with Crippen molar-refractivity contribution in [3.05, 3.63) is 0 Å². The minimum Gasteiger partial charge on any atom is -0.481 e. The summed E-state index contributed by atoms with van der Waals surface area (Å²) in [5, 5.41) is 12.1. The Morgan fingerprint density at radius 2 is 2.05 bits per heavy atom. The van der Waals surface area contributed by atoms with Crippen LogP contribution in [0.4, 0.5) is 0 Å². The Balaban J connectivity index is 2.25. The second-order valence-electron chi connectivity index (χ2n) is 5.51. The molecule has 1 saturated heterocycles. The molecule has 1 aliphatic rings. The molecule has 1 rings (SSSR count). The van der Waals surface area contributed by atoms with Crippen LogP contribution in [-0.4, -0.2) is 39.8 Å². The summed E-state index contributed by atoms with van der Waals surface area (Å²) in [5.74, 6) is -0.265. The molecule has 0 aliphatic carbocycles. The summed E-state index contributed by atoms with van der Waals surface area (Å²) in [5.41, 5.74) is 0. The van der Waals surface area contributed by atoms with E-state index in [1.807, 2.05) is 28.5 Å². The standard InChI is InChI=1S/C15H25NO4S2/c1-2-5-13(17)12(10-15(19)20)16-14(18)7-4-3-6-11-8-9-21-22-11/h11-12H,2-10H2,1H3,(H,16,18)(H,19,20)/t11-,12?/m0/s1. The molecule has 1 amide bonds. The molecule has 0 radical (unpaired) electrons. The van der Waals surface area contributed by atoms with Gasteiger partial charge in [-0.25, -0.2) is 0 Å². The van der Waals surface area contributed by atoms with Crippen LogP contribution in [-0.2, 0) is 14.4 Å². The molecule has 1 fully saturated rings. The number of hydrogen-bond donors (Lipinski definition) is 2. The largest absolute Gasteiger partial charge is 0.481 e. The Hall–Kier alpha value is -0.690. The van der Waals surface area contributed by atoms with Crippen LogP contribution in [0.25, 0.3) is 0 Å². The minimum atomic E-state index is -1.06. The van der Waals surface area contributed by atoms with Crippen molar-refractivity contribution in [3.8, 4) is 0 Å². The number of Topliss-reactive ketones (excluding diaryl/α,β-unsaturated/α-hetero) is 1. The van der Waals surface area contributed by atoms with Gasteiger partial charge in [-0.3, -0.25) is 14.4 Å². The molecule has 7 heteroatoms. The van der Waals surface area contributed by atoms with Gasteiger partial charge in [0.25, 0.3) is 0 Å². The molecule has 5 nitrogen and oxygen atoms in total. The van der Waals surface area contributed by atoms with Gasteiger partial charge in [0, 0.05) is 23.8 Å². The summed E-state index contributed by atoms with van der Waals surface area (Å²) in [6, 6.07) is -0.883. The van der Waals surface area contributed by atoms with Crippen LogP contribution in [0.15, 0.2) is 0 Å². The van der Waals surface area contributed by atoms with Crippen LogP contribution in [0.1, 0.15) is 58.3 Å². The minimum absolute atomic E-state index is 0.197. The topological polar surface area (TPSA) is 83.5 Å². The molecular formula is C15H25NO4S2. The third kappa shape index (κ3) is 8.08. The molecule has 1 aliphatic heterocycles. The van der Waals surface area contributed by atoms with E-state index >= 15 is 0 Å².